The lowest BCUT2D eigenvalue weighted by Gasteiger charge is -2.00. The Morgan fingerprint density at radius 3 is 2.91 bits per heavy atom. The van der Waals surface area contributed by atoms with Crippen LogP contribution in [0.4, 0.5) is 8.78 Å². The number of pyridine rings is 1. The predicted molar refractivity (Wildman–Crippen MR) is 35.5 cm³/mol. The number of hydrogen-bond acceptors (Lipinski definition) is 2. The molecule has 0 unspecified atom stereocenters. The van der Waals surface area contributed by atoms with E-state index < -0.39 is 12.7 Å². The topological polar surface area (TPSA) is 22.1 Å². The Kier molecular flexibility index (Phi) is 2.36. The highest BCUT2D eigenvalue weighted by atomic mass is 19.1. The molecule has 1 aromatic rings. The summed E-state index contributed by atoms with van der Waals surface area (Å²) in [5, 5.41) is 0. The number of alkyl halides is 1. The molecular weight excluding hydrogens is 152 g/mol. The first kappa shape index (κ1) is 7.91. The van der Waals surface area contributed by atoms with Crippen molar-refractivity contribution in [1.29, 1.82) is 0 Å². The van der Waals surface area contributed by atoms with Gasteiger partial charge in [0.1, 0.15) is 0 Å². The molecule has 0 aliphatic heterocycles. The zero-order valence-electron chi connectivity index (χ0n) is 5.97. The molecule has 0 N–H and O–H groups in total. The monoisotopic (exact) mass is 159 g/mol. The van der Waals surface area contributed by atoms with Crippen molar-refractivity contribution < 1.29 is 13.5 Å². The molecule has 1 aromatic heterocycles. The Labute approximate surface area is 62.8 Å². The van der Waals surface area contributed by atoms with Gasteiger partial charge in [-0.15, -0.1) is 0 Å². The minimum Gasteiger partial charge on any atom is -0.444 e. The number of rotatable bonds is 2. The fraction of sp³-hybridized carbons (Fsp3) is 0.286. The predicted octanol–water partition coefficient (Wildman–Crippen LogP) is 1.83. The Hall–Kier alpha value is -1.19. The molecule has 0 aliphatic carbocycles. The first-order valence-corrected chi connectivity index (χ1v) is 3.05. The van der Waals surface area contributed by atoms with Crippen molar-refractivity contribution in [2.45, 2.75) is 6.92 Å². The zero-order valence-corrected chi connectivity index (χ0v) is 5.97. The van der Waals surface area contributed by atoms with E-state index in [0.717, 1.165) is 0 Å². The Bertz CT molecular complexity index is 252. The first-order valence-electron chi connectivity index (χ1n) is 3.05. The molecule has 0 amide bonds. The molecule has 60 valence electrons. The molecule has 0 bridgehead atoms. The summed E-state index contributed by atoms with van der Waals surface area (Å²) in [7, 11) is 0. The van der Waals surface area contributed by atoms with Crippen molar-refractivity contribution in [3.63, 3.8) is 0 Å². The molecule has 0 atom stereocenters. The third kappa shape index (κ3) is 1.86. The van der Waals surface area contributed by atoms with Crippen LogP contribution >= 0.6 is 0 Å². The van der Waals surface area contributed by atoms with E-state index in [-0.39, 0.29) is 5.88 Å². The lowest BCUT2D eigenvalue weighted by Crippen LogP contribution is -1.96. The molecule has 0 aromatic carbocycles. The van der Waals surface area contributed by atoms with Crippen molar-refractivity contribution in [3.8, 4) is 5.88 Å². The Balaban J connectivity index is 2.90. The lowest BCUT2D eigenvalue weighted by atomic mass is 10.3. The van der Waals surface area contributed by atoms with Gasteiger partial charge in [0, 0.05) is 6.20 Å². The van der Waals surface area contributed by atoms with Gasteiger partial charge in [-0.3, -0.25) is 0 Å². The Morgan fingerprint density at radius 2 is 2.36 bits per heavy atom. The second-order valence-electron chi connectivity index (χ2n) is 2.05. The molecule has 0 radical (unpaired) electrons. The largest absolute Gasteiger partial charge is 0.444 e. The summed E-state index contributed by atoms with van der Waals surface area (Å²) in [5.74, 6) is -0.930. The quantitative estimate of drug-likeness (QED) is 0.656. The molecule has 0 fully saturated rings. The van der Waals surface area contributed by atoms with Crippen LogP contribution in [-0.2, 0) is 0 Å². The van der Waals surface area contributed by atoms with Gasteiger partial charge in [-0.05, 0) is 18.6 Å². The molecule has 1 heterocycles. The van der Waals surface area contributed by atoms with Gasteiger partial charge >= 0.3 is 0 Å². The molecule has 0 aliphatic rings. The van der Waals surface area contributed by atoms with Gasteiger partial charge in [-0.2, -0.15) is 0 Å². The fourth-order valence-electron chi connectivity index (χ4n) is 0.679. The number of hydrogen-bond donors (Lipinski definition) is 0. The van der Waals surface area contributed by atoms with Crippen LogP contribution in [-0.4, -0.2) is 11.8 Å². The SMILES string of the molecule is Cc1cnc(OCF)c(F)c1. The smallest absolute Gasteiger partial charge is 0.252 e. The first-order chi connectivity index (χ1) is 5.24. The molecule has 1 rings (SSSR count). The third-order valence-electron chi connectivity index (χ3n) is 1.14. The van der Waals surface area contributed by atoms with Gasteiger partial charge in [-0.1, -0.05) is 0 Å². The number of nitrogens with zero attached hydrogens (tertiary/aromatic N) is 1. The van der Waals surface area contributed by atoms with E-state index in [2.05, 4.69) is 9.72 Å². The van der Waals surface area contributed by atoms with Crippen molar-refractivity contribution in [1.82, 2.24) is 4.98 Å². The van der Waals surface area contributed by atoms with Crippen LogP contribution in [0.5, 0.6) is 5.88 Å². The van der Waals surface area contributed by atoms with Crippen LogP contribution in [0, 0.1) is 12.7 Å². The van der Waals surface area contributed by atoms with Gasteiger partial charge in [0.05, 0.1) is 0 Å². The fourth-order valence-corrected chi connectivity index (χ4v) is 0.679. The van der Waals surface area contributed by atoms with Crippen molar-refractivity contribution >= 4 is 0 Å². The lowest BCUT2D eigenvalue weighted by molar-refractivity contribution is 0.176. The van der Waals surface area contributed by atoms with Crippen LogP contribution in [0.25, 0.3) is 0 Å². The van der Waals surface area contributed by atoms with E-state index in [1.807, 2.05) is 0 Å². The summed E-state index contributed by atoms with van der Waals surface area (Å²) < 4.78 is 28.5. The summed E-state index contributed by atoms with van der Waals surface area (Å²) in [6, 6.07) is 1.23. The zero-order chi connectivity index (χ0) is 8.27. The normalized spacial score (nSPS) is 9.73. The van der Waals surface area contributed by atoms with Crippen LogP contribution < -0.4 is 4.74 Å². The third-order valence-corrected chi connectivity index (χ3v) is 1.14. The number of ether oxygens (including phenoxy) is 1. The van der Waals surface area contributed by atoms with Gasteiger partial charge in [-0.25, -0.2) is 13.8 Å². The highest BCUT2D eigenvalue weighted by Crippen LogP contribution is 2.13. The molecular formula is C7H7F2NO. The summed E-state index contributed by atoms with van der Waals surface area (Å²) >= 11 is 0. The summed E-state index contributed by atoms with van der Waals surface area (Å²) in [6.45, 7) is 0.627. The molecule has 4 heteroatoms. The van der Waals surface area contributed by atoms with E-state index in [9.17, 15) is 8.78 Å². The average molecular weight is 159 g/mol. The van der Waals surface area contributed by atoms with E-state index in [0.29, 0.717) is 5.56 Å². The van der Waals surface area contributed by atoms with Crippen LogP contribution in [0.15, 0.2) is 12.3 Å². The van der Waals surface area contributed by atoms with Gasteiger partial charge in [0.15, 0.2) is 5.82 Å². The van der Waals surface area contributed by atoms with Crippen LogP contribution in [0.2, 0.25) is 0 Å². The minimum atomic E-state index is -1.06. The average Bonchev–Trinajstić information content (AvgIpc) is 1.95. The number of halogens is 2. The number of aromatic nitrogens is 1. The summed E-state index contributed by atoms with van der Waals surface area (Å²) in [4.78, 5) is 3.53. The maximum absolute atomic E-state index is 12.7. The minimum absolute atomic E-state index is 0.293. The van der Waals surface area contributed by atoms with Gasteiger partial charge in [0.25, 0.3) is 5.88 Å². The number of aryl methyl sites for hydroxylation is 1. The Morgan fingerprint density at radius 1 is 1.64 bits per heavy atom. The van der Waals surface area contributed by atoms with E-state index in [1.54, 1.807) is 6.92 Å². The maximum Gasteiger partial charge on any atom is 0.252 e. The summed E-state index contributed by atoms with van der Waals surface area (Å²) in [6.07, 6.45) is 1.41. The molecule has 11 heavy (non-hydrogen) atoms. The van der Waals surface area contributed by atoms with Gasteiger partial charge in [0.2, 0.25) is 6.86 Å². The maximum atomic E-state index is 12.7. The molecule has 0 saturated carbocycles. The molecule has 2 nitrogen and oxygen atoms in total. The summed E-state index contributed by atoms with van der Waals surface area (Å²) in [5.41, 5.74) is 0.675. The molecule has 0 spiro atoms. The van der Waals surface area contributed by atoms with Crippen molar-refractivity contribution in [3.05, 3.63) is 23.6 Å². The van der Waals surface area contributed by atoms with E-state index in [1.165, 1.54) is 12.3 Å². The second kappa shape index (κ2) is 3.27. The van der Waals surface area contributed by atoms with Crippen molar-refractivity contribution in [2.75, 3.05) is 6.86 Å². The van der Waals surface area contributed by atoms with Crippen molar-refractivity contribution in [2.24, 2.45) is 0 Å². The van der Waals surface area contributed by atoms with E-state index >= 15 is 0 Å². The molecule has 0 saturated heterocycles. The second-order valence-corrected chi connectivity index (χ2v) is 2.05. The highest BCUT2D eigenvalue weighted by Gasteiger charge is 2.03. The highest BCUT2D eigenvalue weighted by molar-refractivity contribution is 5.18. The van der Waals surface area contributed by atoms with Crippen LogP contribution in [0.1, 0.15) is 5.56 Å². The van der Waals surface area contributed by atoms with Gasteiger partial charge < -0.3 is 4.74 Å². The van der Waals surface area contributed by atoms with E-state index in [4.69, 9.17) is 0 Å². The van der Waals surface area contributed by atoms with Crippen LogP contribution in [0.3, 0.4) is 0 Å². The standard InChI is InChI=1S/C7H7F2NO/c1-5-2-6(9)7(10-3-5)11-4-8/h2-3H,4H2,1H3.